The van der Waals surface area contributed by atoms with Crippen molar-refractivity contribution in [1.29, 1.82) is 0 Å². The summed E-state index contributed by atoms with van der Waals surface area (Å²) >= 11 is 0. The zero-order valence-corrected chi connectivity index (χ0v) is 6.68. The molecule has 0 aromatic carbocycles. The fourth-order valence-corrected chi connectivity index (χ4v) is 0.992. The van der Waals surface area contributed by atoms with Gasteiger partial charge in [-0.2, -0.15) is 0 Å². The SMILES string of the molecule is O=Cc1nccc(-c2ccco2)n1. The molecule has 2 rings (SSSR count). The highest BCUT2D eigenvalue weighted by Gasteiger charge is 2.02. The van der Waals surface area contributed by atoms with E-state index in [2.05, 4.69) is 9.97 Å². The second-order valence-electron chi connectivity index (χ2n) is 2.40. The van der Waals surface area contributed by atoms with Gasteiger partial charge in [0.25, 0.3) is 0 Å². The zero-order chi connectivity index (χ0) is 9.10. The van der Waals surface area contributed by atoms with Crippen molar-refractivity contribution in [3.8, 4) is 11.5 Å². The Morgan fingerprint density at radius 1 is 1.38 bits per heavy atom. The molecule has 0 atom stereocenters. The van der Waals surface area contributed by atoms with Crippen molar-refractivity contribution in [3.63, 3.8) is 0 Å². The number of aromatic nitrogens is 2. The topological polar surface area (TPSA) is 56.0 Å². The van der Waals surface area contributed by atoms with E-state index >= 15 is 0 Å². The minimum absolute atomic E-state index is 0.161. The van der Waals surface area contributed by atoms with Crippen molar-refractivity contribution in [2.75, 3.05) is 0 Å². The molecule has 2 heterocycles. The lowest BCUT2D eigenvalue weighted by atomic mass is 10.3. The Kier molecular flexibility index (Phi) is 1.88. The first-order valence-corrected chi connectivity index (χ1v) is 3.72. The van der Waals surface area contributed by atoms with Gasteiger partial charge in [-0.1, -0.05) is 0 Å². The second-order valence-corrected chi connectivity index (χ2v) is 2.40. The molecule has 0 aliphatic rings. The maximum absolute atomic E-state index is 10.4. The van der Waals surface area contributed by atoms with Crippen molar-refractivity contribution >= 4 is 6.29 Å². The van der Waals surface area contributed by atoms with Crippen LogP contribution in [0.15, 0.2) is 35.1 Å². The lowest BCUT2D eigenvalue weighted by molar-refractivity contribution is 0.111. The summed E-state index contributed by atoms with van der Waals surface area (Å²) in [5, 5.41) is 0. The fraction of sp³-hybridized carbons (Fsp3) is 0. The maximum Gasteiger partial charge on any atom is 0.193 e. The average Bonchev–Trinajstić information content (AvgIpc) is 2.71. The number of furan rings is 1. The number of aldehydes is 1. The van der Waals surface area contributed by atoms with E-state index < -0.39 is 0 Å². The number of carbonyl (C=O) groups is 1. The van der Waals surface area contributed by atoms with Crippen LogP contribution in [0.3, 0.4) is 0 Å². The monoisotopic (exact) mass is 174 g/mol. The van der Waals surface area contributed by atoms with Crippen molar-refractivity contribution in [2.24, 2.45) is 0 Å². The van der Waals surface area contributed by atoms with Crippen LogP contribution in [-0.4, -0.2) is 16.3 Å². The van der Waals surface area contributed by atoms with Crippen molar-refractivity contribution in [1.82, 2.24) is 9.97 Å². The van der Waals surface area contributed by atoms with Crippen LogP contribution >= 0.6 is 0 Å². The Balaban J connectivity index is 2.47. The Morgan fingerprint density at radius 2 is 2.31 bits per heavy atom. The van der Waals surface area contributed by atoms with Gasteiger partial charge in [-0.15, -0.1) is 0 Å². The Bertz CT molecular complexity index is 409. The van der Waals surface area contributed by atoms with Crippen LogP contribution in [-0.2, 0) is 0 Å². The molecule has 0 bridgehead atoms. The first kappa shape index (κ1) is 7.67. The molecular formula is C9H6N2O2. The average molecular weight is 174 g/mol. The third kappa shape index (κ3) is 1.46. The van der Waals surface area contributed by atoms with Crippen molar-refractivity contribution in [3.05, 3.63) is 36.5 Å². The summed E-state index contributed by atoms with van der Waals surface area (Å²) in [5.41, 5.74) is 0.613. The van der Waals surface area contributed by atoms with Gasteiger partial charge < -0.3 is 4.42 Å². The van der Waals surface area contributed by atoms with E-state index in [9.17, 15) is 4.79 Å². The van der Waals surface area contributed by atoms with Crippen molar-refractivity contribution < 1.29 is 9.21 Å². The van der Waals surface area contributed by atoms with Gasteiger partial charge in [-0.3, -0.25) is 4.79 Å². The van der Waals surface area contributed by atoms with E-state index in [0.29, 0.717) is 17.7 Å². The third-order valence-electron chi connectivity index (χ3n) is 1.55. The maximum atomic E-state index is 10.4. The van der Waals surface area contributed by atoms with Crippen LogP contribution < -0.4 is 0 Å². The van der Waals surface area contributed by atoms with Gasteiger partial charge in [0.1, 0.15) is 5.69 Å². The molecule has 0 saturated carbocycles. The quantitative estimate of drug-likeness (QED) is 0.648. The van der Waals surface area contributed by atoms with Gasteiger partial charge >= 0.3 is 0 Å². The van der Waals surface area contributed by atoms with Gasteiger partial charge in [-0.25, -0.2) is 9.97 Å². The molecule has 0 spiro atoms. The predicted octanol–water partition coefficient (Wildman–Crippen LogP) is 1.55. The molecule has 0 saturated heterocycles. The van der Waals surface area contributed by atoms with Gasteiger partial charge in [0.15, 0.2) is 17.9 Å². The normalized spacial score (nSPS) is 9.85. The first-order chi connectivity index (χ1) is 6.40. The highest BCUT2D eigenvalue weighted by molar-refractivity contribution is 5.70. The van der Waals surface area contributed by atoms with Crippen LogP contribution in [0, 0.1) is 0 Å². The minimum atomic E-state index is 0.161. The lowest BCUT2D eigenvalue weighted by Crippen LogP contribution is -1.92. The molecule has 0 aliphatic carbocycles. The molecule has 64 valence electrons. The van der Waals surface area contributed by atoms with Gasteiger partial charge in [0, 0.05) is 6.20 Å². The first-order valence-electron chi connectivity index (χ1n) is 3.72. The molecule has 4 nitrogen and oxygen atoms in total. The van der Waals surface area contributed by atoms with E-state index in [0.717, 1.165) is 0 Å². The Morgan fingerprint density at radius 3 is 3.00 bits per heavy atom. The van der Waals surface area contributed by atoms with Crippen LogP contribution in [0.2, 0.25) is 0 Å². The third-order valence-corrected chi connectivity index (χ3v) is 1.55. The largest absolute Gasteiger partial charge is 0.463 e. The molecule has 2 aromatic rings. The fourth-order valence-electron chi connectivity index (χ4n) is 0.992. The molecule has 0 amide bonds. The van der Waals surface area contributed by atoms with E-state index in [1.807, 2.05) is 0 Å². The van der Waals surface area contributed by atoms with Crippen molar-refractivity contribution in [2.45, 2.75) is 0 Å². The summed E-state index contributed by atoms with van der Waals surface area (Å²) in [6.45, 7) is 0. The van der Waals surface area contributed by atoms with E-state index in [4.69, 9.17) is 4.42 Å². The van der Waals surface area contributed by atoms with Gasteiger partial charge in [0.2, 0.25) is 0 Å². The predicted molar refractivity (Wildman–Crippen MR) is 45.1 cm³/mol. The van der Waals surface area contributed by atoms with Gasteiger partial charge in [-0.05, 0) is 18.2 Å². The summed E-state index contributed by atoms with van der Waals surface area (Å²) in [7, 11) is 0. The van der Waals surface area contributed by atoms with Crippen LogP contribution in [0.4, 0.5) is 0 Å². The number of carbonyl (C=O) groups excluding carboxylic acids is 1. The molecule has 0 aliphatic heterocycles. The molecule has 4 heteroatoms. The Labute approximate surface area is 74.2 Å². The Hall–Kier alpha value is -1.97. The number of hydrogen-bond acceptors (Lipinski definition) is 4. The number of nitrogens with zero attached hydrogens (tertiary/aromatic N) is 2. The standard InChI is InChI=1S/C9H6N2O2/c12-6-9-10-4-3-7(11-9)8-2-1-5-13-8/h1-6H. The van der Waals surface area contributed by atoms with Crippen LogP contribution in [0.5, 0.6) is 0 Å². The summed E-state index contributed by atoms with van der Waals surface area (Å²) in [4.78, 5) is 18.1. The van der Waals surface area contributed by atoms with E-state index in [-0.39, 0.29) is 5.82 Å². The van der Waals surface area contributed by atoms with Gasteiger partial charge in [0.05, 0.1) is 6.26 Å². The minimum Gasteiger partial charge on any atom is -0.463 e. The van der Waals surface area contributed by atoms with Crippen LogP contribution in [0.25, 0.3) is 11.5 Å². The molecule has 0 unspecified atom stereocenters. The number of rotatable bonds is 2. The summed E-state index contributed by atoms with van der Waals surface area (Å²) < 4.78 is 5.11. The molecular weight excluding hydrogens is 168 g/mol. The van der Waals surface area contributed by atoms with E-state index in [1.54, 1.807) is 24.5 Å². The zero-order valence-electron chi connectivity index (χ0n) is 6.68. The van der Waals surface area contributed by atoms with Crippen LogP contribution in [0.1, 0.15) is 10.6 Å². The highest BCUT2D eigenvalue weighted by atomic mass is 16.3. The second kappa shape index (κ2) is 3.18. The molecule has 0 N–H and O–H groups in total. The summed E-state index contributed by atoms with van der Waals surface area (Å²) in [6.07, 6.45) is 3.68. The van der Waals surface area contributed by atoms with E-state index in [1.165, 1.54) is 6.20 Å². The number of hydrogen-bond donors (Lipinski definition) is 0. The summed E-state index contributed by atoms with van der Waals surface area (Å²) in [6, 6.07) is 5.22. The smallest absolute Gasteiger partial charge is 0.193 e. The molecule has 2 aromatic heterocycles. The molecule has 13 heavy (non-hydrogen) atoms. The molecule has 0 fully saturated rings. The summed E-state index contributed by atoms with van der Waals surface area (Å²) in [5.74, 6) is 0.791. The lowest BCUT2D eigenvalue weighted by Gasteiger charge is -1.94. The highest BCUT2D eigenvalue weighted by Crippen LogP contribution is 2.15. The molecule has 0 radical (unpaired) electrons.